The van der Waals surface area contributed by atoms with Crippen LogP contribution in [0.5, 0.6) is 0 Å². The van der Waals surface area contributed by atoms with Gasteiger partial charge in [-0.15, -0.1) is 0 Å². The maximum absolute atomic E-state index is 13.1. The standard InChI is InChI=1S/C14H22FNO2S/c1-11-10-12(6-7-13(11)15)19(17,18)16-9-5-8-14(2,3)4/h6-7,10,16H,5,8-9H2,1-4H3. The van der Waals surface area contributed by atoms with Gasteiger partial charge >= 0.3 is 0 Å². The maximum atomic E-state index is 13.1. The van der Waals surface area contributed by atoms with E-state index in [1.807, 2.05) is 0 Å². The molecule has 0 heterocycles. The summed E-state index contributed by atoms with van der Waals surface area (Å²) in [6, 6.07) is 3.81. The third-order valence-electron chi connectivity index (χ3n) is 2.84. The summed E-state index contributed by atoms with van der Waals surface area (Å²) in [5, 5.41) is 0. The Kier molecular flexibility index (Phi) is 5.10. The van der Waals surface area contributed by atoms with Crippen molar-refractivity contribution in [2.75, 3.05) is 6.54 Å². The molecule has 0 atom stereocenters. The van der Waals surface area contributed by atoms with E-state index in [1.165, 1.54) is 18.2 Å². The third kappa shape index (κ3) is 5.28. The number of hydrogen-bond acceptors (Lipinski definition) is 2. The molecule has 1 aromatic rings. The zero-order chi connectivity index (χ0) is 14.7. The van der Waals surface area contributed by atoms with Crippen molar-refractivity contribution in [1.82, 2.24) is 4.72 Å². The van der Waals surface area contributed by atoms with Crippen molar-refractivity contribution in [3.05, 3.63) is 29.6 Å². The number of benzene rings is 1. The highest BCUT2D eigenvalue weighted by Gasteiger charge is 2.15. The molecule has 0 fully saturated rings. The molecule has 0 unspecified atom stereocenters. The van der Waals surface area contributed by atoms with Gasteiger partial charge in [0.15, 0.2) is 0 Å². The van der Waals surface area contributed by atoms with Gasteiger partial charge in [0.1, 0.15) is 5.82 Å². The molecule has 0 aliphatic heterocycles. The predicted molar refractivity (Wildman–Crippen MR) is 75.0 cm³/mol. The number of sulfonamides is 1. The fourth-order valence-electron chi connectivity index (χ4n) is 1.69. The molecule has 0 radical (unpaired) electrons. The quantitative estimate of drug-likeness (QED) is 0.845. The van der Waals surface area contributed by atoms with Gasteiger partial charge in [-0.2, -0.15) is 0 Å². The van der Waals surface area contributed by atoms with Crippen molar-refractivity contribution in [3.8, 4) is 0 Å². The molecular formula is C14H22FNO2S. The van der Waals surface area contributed by atoms with E-state index in [-0.39, 0.29) is 10.3 Å². The van der Waals surface area contributed by atoms with Gasteiger partial charge in [-0.05, 0) is 48.9 Å². The number of halogens is 1. The van der Waals surface area contributed by atoms with Gasteiger partial charge in [-0.3, -0.25) is 0 Å². The molecule has 1 rings (SSSR count). The summed E-state index contributed by atoms with van der Waals surface area (Å²) in [6.45, 7) is 8.30. The smallest absolute Gasteiger partial charge is 0.211 e. The Balaban J connectivity index is 2.63. The summed E-state index contributed by atoms with van der Waals surface area (Å²) in [5.41, 5.74) is 0.523. The molecule has 0 aliphatic rings. The lowest BCUT2D eigenvalue weighted by Crippen LogP contribution is -2.25. The lowest BCUT2D eigenvalue weighted by Gasteiger charge is -2.17. The first-order valence-electron chi connectivity index (χ1n) is 6.38. The summed E-state index contributed by atoms with van der Waals surface area (Å²) in [5.74, 6) is -0.397. The van der Waals surface area contributed by atoms with E-state index in [9.17, 15) is 12.8 Å². The van der Waals surface area contributed by atoms with Crippen LogP contribution in [0.3, 0.4) is 0 Å². The SMILES string of the molecule is Cc1cc(S(=O)(=O)NCCCC(C)(C)C)ccc1F. The molecule has 3 nitrogen and oxygen atoms in total. The van der Waals surface area contributed by atoms with Crippen LogP contribution in [0.4, 0.5) is 4.39 Å². The average molecular weight is 287 g/mol. The minimum atomic E-state index is -3.53. The maximum Gasteiger partial charge on any atom is 0.240 e. The minimum absolute atomic E-state index is 0.113. The zero-order valence-corrected chi connectivity index (χ0v) is 12.8. The molecule has 5 heteroatoms. The molecule has 108 valence electrons. The van der Waals surface area contributed by atoms with Gasteiger partial charge in [0.05, 0.1) is 4.90 Å². The number of hydrogen-bond donors (Lipinski definition) is 1. The fraction of sp³-hybridized carbons (Fsp3) is 0.571. The summed E-state index contributed by atoms with van der Waals surface area (Å²) in [7, 11) is -3.53. The summed E-state index contributed by atoms with van der Waals surface area (Å²) in [6.07, 6.45) is 1.72. The van der Waals surface area contributed by atoms with E-state index < -0.39 is 15.8 Å². The first-order chi connectivity index (χ1) is 8.62. The highest BCUT2D eigenvalue weighted by Crippen LogP contribution is 2.20. The second-order valence-corrected chi connectivity index (χ2v) is 7.74. The topological polar surface area (TPSA) is 46.2 Å². The van der Waals surface area contributed by atoms with E-state index in [1.54, 1.807) is 6.92 Å². The van der Waals surface area contributed by atoms with E-state index in [0.717, 1.165) is 12.8 Å². The normalized spacial score (nSPS) is 12.7. The van der Waals surface area contributed by atoms with E-state index in [4.69, 9.17) is 0 Å². The van der Waals surface area contributed by atoms with Gasteiger partial charge in [0.2, 0.25) is 10.0 Å². The lowest BCUT2D eigenvalue weighted by molar-refractivity contribution is 0.365. The van der Waals surface area contributed by atoms with Gasteiger partial charge in [0.25, 0.3) is 0 Å². The highest BCUT2D eigenvalue weighted by atomic mass is 32.2. The van der Waals surface area contributed by atoms with E-state index >= 15 is 0 Å². The van der Waals surface area contributed by atoms with Gasteiger partial charge in [-0.25, -0.2) is 17.5 Å². The van der Waals surface area contributed by atoms with Crippen LogP contribution in [0.1, 0.15) is 39.2 Å². The van der Waals surface area contributed by atoms with Crippen molar-refractivity contribution in [2.24, 2.45) is 5.41 Å². The van der Waals surface area contributed by atoms with Crippen LogP contribution in [-0.4, -0.2) is 15.0 Å². The van der Waals surface area contributed by atoms with E-state index in [0.29, 0.717) is 12.1 Å². The Labute approximate surface area is 115 Å². The second-order valence-electron chi connectivity index (χ2n) is 5.97. The molecule has 0 spiro atoms. The second kappa shape index (κ2) is 6.01. The molecule has 0 saturated carbocycles. The molecule has 0 amide bonds. The molecule has 0 bridgehead atoms. The first kappa shape index (κ1) is 16.1. The minimum Gasteiger partial charge on any atom is -0.211 e. The van der Waals surface area contributed by atoms with Crippen LogP contribution in [-0.2, 0) is 10.0 Å². The Morgan fingerprint density at radius 1 is 1.26 bits per heavy atom. The van der Waals surface area contributed by atoms with Crippen molar-refractivity contribution in [3.63, 3.8) is 0 Å². The zero-order valence-electron chi connectivity index (χ0n) is 12.0. The highest BCUT2D eigenvalue weighted by molar-refractivity contribution is 7.89. The van der Waals surface area contributed by atoms with Crippen molar-refractivity contribution in [1.29, 1.82) is 0 Å². The van der Waals surface area contributed by atoms with Crippen molar-refractivity contribution < 1.29 is 12.8 Å². The predicted octanol–water partition coefficient (Wildman–Crippen LogP) is 3.24. The first-order valence-corrected chi connectivity index (χ1v) is 7.86. The van der Waals surface area contributed by atoms with Crippen LogP contribution in [0, 0.1) is 18.2 Å². The average Bonchev–Trinajstić information content (AvgIpc) is 2.27. The molecule has 0 saturated heterocycles. The Hall–Kier alpha value is -0.940. The number of nitrogens with one attached hydrogen (secondary N) is 1. The molecule has 0 aromatic heterocycles. The molecule has 0 aliphatic carbocycles. The van der Waals surface area contributed by atoms with Gasteiger partial charge in [-0.1, -0.05) is 20.8 Å². The monoisotopic (exact) mass is 287 g/mol. The van der Waals surface area contributed by atoms with Crippen molar-refractivity contribution in [2.45, 2.75) is 45.4 Å². The number of aryl methyl sites for hydroxylation is 1. The van der Waals surface area contributed by atoms with E-state index in [2.05, 4.69) is 25.5 Å². The Morgan fingerprint density at radius 3 is 2.42 bits per heavy atom. The molecular weight excluding hydrogens is 265 g/mol. The summed E-state index contributed by atoms with van der Waals surface area (Å²) in [4.78, 5) is 0.113. The van der Waals surface area contributed by atoms with Crippen LogP contribution in [0.15, 0.2) is 23.1 Å². The van der Waals surface area contributed by atoms with Gasteiger partial charge in [0, 0.05) is 6.54 Å². The number of rotatable bonds is 5. The van der Waals surface area contributed by atoms with Crippen molar-refractivity contribution >= 4 is 10.0 Å². The molecule has 1 N–H and O–H groups in total. The molecule has 19 heavy (non-hydrogen) atoms. The van der Waals surface area contributed by atoms with Crippen LogP contribution in [0.25, 0.3) is 0 Å². The lowest BCUT2D eigenvalue weighted by atomic mass is 9.91. The van der Waals surface area contributed by atoms with Crippen LogP contribution >= 0.6 is 0 Å². The fourth-order valence-corrected chi connectivity index (χ4v) is 2.85. The summed E-state index contributed by atoms with van der Waals surface area (Å²) >= 11 is 0. The molecule has 1 aromatic carbocycles. The van der Waals surface area contributed by atoms with Gasteiger partial charge < -0.3 is 0 Å². The van der Waals surface area contributed by atoms with Crippen LogP contribution < -0.4 is 4.72 Å². The third-order valence-corrected chi connectivity index (χ3v) is 4.29. The Morgan fingerprint density at radius 2 is 1.89 bits per heavy atom. The summed E-state index contributed by atoms with van der Waals surface area (Å²) < 4.78 is 39.6. The van der Waals surface area contributed by atoms with Crippen LogP contribution in [0.2, 0.25) is 0 Å². The Bertz CT molecular complexity index is 533. The largest absolute Gasteiger partial charge is 0.240 e.